The SMILES string of the molecule is Nc1ccccc1CNC(=O)Nc1ccccc1F. The van der Waals surface area contributed by atoms with Gasteiger partial charge in [-0.15, -0.1) is 0 Å². The number of urea groups is 1. The molecule has 0 spiro atoms. The Morgan fingerprint density at radius 1 is 1.11 bits per heavy atom. The molecule has 98 valence electrons. The summed E-state index contributed by atoms with van der Waals surface area (Å²) in [5.41, 5.74) is 7.31. The highest BCUT2D eigenvalue weighted by atomic mass is 19.1. The molecule has 4 N–H and O–H groups in total. The zero-order valence-electron chi connectivity index (χ0n) is 10.2. The van der Waals surface area contributed by atoms with Gasteiger partial charge >= 0.3 is 6.03 Å². The Labute approximate surface area is 110 Å². The third-order valence-electron chi connectivity index (χ3n) is 2.62. The number of anilines is 2. The lowest BCUT2D eigenvalue weighted by Gasteiger charge is -2.09. The molecule has 2 aromatic carbocycles. The number of benzene rings is 2. The molecule has 0 aliphatic rings. The number of halogens is 1. The predicted molar refractivity (Wildman–Crippen MR) is 73.1 cm³/mol. The van der Waals surface area contributed by atoms with Gasteiger partial charge in [0.1, 0.15) is 5.82 Å². The van der Waals surface area contributed by atoms with E-state index in [-0.39, 0.29) is 12.2 Å². The second-order valence-corrected chi connectivity index (χ2v) is 3.99. The fourth-order valence-corrected chi connectivity index (χ4v) is 1.60. The van der Waals surface area contributed by atoms with Crippen LogP contribution in [0.5, 0.6) is 0 Å². The highest BCUT2D eigenvalue weighted by molar-refractivity contribution is 5.89. The highest BCUT2D eigenvalue weighted by Gasteiger charge is 2.06. The molecule has 0 saturated carbocycles. The van der Waals surface area contributed by atoms with Gasteiger partial charge in [0, 0.05) is 12.2 Å². The van der Waals surface area contributed by atoms with E-state index in [1.54, 1.807) is 18.2 Å². The molecule has 2 rings (SSSR count). The first kappa shape index (κ1) is 12.9. The summed E-state index contributed by atoms with van der Waals surface area (Å²) in [5, 5.41) is 5.05. The first-order valence-electron chi connectivity index (χ1n) is 5.79. The molecule has 0 bridgehead atoms. The molecule has 19 heavy (non-hydrogen) atoms. The molecular weight excluding hydrogens is 245 g/mol. The third kappa shape index (κ3) is 3.45. The Bertz CT molecular complexity index is 586. The van der Waals surface area contributed by atoms with Crippen molar-refractivity contribution in [1.82, 2.24) is 5.32 Å². The number of hydrogen-bond donors (Lipinski definition) is 3. The fourth-order valence-electron chi connectivity index (χ4n) is 1.60. The smallest absolute Gasteiger partial charge is 0.319 e. The molecule has 0 fully saturated rings. The number of nitrogens with one attached hydrogen (secondary N) is 2. The van der Waals surface area contributed by atoms with Crippen molar-refractivity contribution in [3.63, 3.8) is 0 Å². The molecule has 2 aromatic rings. The third-order valence-corrected chi connectivity index (χ3v) is 2.62. The molecule has 4 nitrogen and oxygen atoms in total. The number of hydrogen-bond acceptors (Lipinski definition) is 2. The lowest BCUT2D eigenvalue weighted by atomic mass is 10.2. The summed E-state index contributed by atoms with van der Waals surface area (Å²) in [6, 6.07) is 12.7. The molecule has 0 radical (unpaired) electrons. The maximum Gasteiger partial charge on any atom is 0.319 e. The van der Waals surface area contributed by atoms with Gasteiger partial charge in [0.15, 0.2) is 0 Å². The largest absolute Gasteiger partial charge is 0.398 e. The molecule has 2 amide bonds. The topological polar surface area (TPSA) is 67.1 Å². The number of nitrogen functional groups attached to an aromatic ring is 1. The van der Waals surface area contributed by atoms with Crippen LogP contribution in [0.4, 0.5) is 20.6 Å². The highest BCUT2D eigenvalue weighted by Crippen LogP contribution is 2.12. The van der Waals surface area contributed by atoms with E-state index in [9.17, 15) is 9.18 Å². The minimum atomic E-state index is -0.478. The summed E-state index contributed by atoms with van der Waals surface area (Å²) in [5.74, 6) is -0.475. The summed E-state index contributed by atoms with van der Waals surface area (Å²) in [4.78, 5) is 11.6. The lowest BCUT2D eigenvalue weighted by molar-refractivity contribution is 0.251. The van der Waals surface area contributed by atoms with Crippen LogP contribution in [0.25, 0.3) is 0 Å². The number of rotatable bonds is 3. The molecule has 0 unspecified atom stereocenters. The molecule has 0 saturated heterocycles. The maximum absolute atomic E-state index is 13.3. The normalized spacial score (nSPS) is 9.95. The van der Waals surface area contributed by atoms with Crippen LogP contribution in [-0.4, -0.2) is 6.03 Å². The fraction of sp³-hybridized carbons (Fsp3) is 0.0714. The Morgan fingerprint density at radius 3 is 2.53 bits per heavy atom. The maximum atomic E-state index is 13.3. The number of carbonyl (C=O) groups is 1. The van der Waals surface area contributed by atoms with Crippen molar-refractivity contribution in [1.29, 1.82) is 0 Å². The van der Waals surface area contributed by atoms with Crippen molar-refractivity contribution >= 4 is 17.4 Å². The van der Waals surface area contributed by atoms with Gasteiger partial charge in [-0.2, -0.15) is 0 Å². The average molecular weight is 259 g/mol. The van der Waals surface area contributed by atoms with E-state index in [0.717, 1.165) is 5.56 Å². The Morgan fingerprint density at radius 2 is 1.79 bits per heavy atom. The zero-order chi connectivity index (χ0) is 13.7. The van der Waals surface area contributed by atoms with Gasteiger partial charge in [0.05, 0.1) is 5.69 Å². The van der Waals surface area contributed by atoms with Gasteiger partial charge in [0.2, 0.25) is 0 Å². The van der Waals surface area contributed by atoms with Gasteiger partial charge in [-0.25, -0.2) is 9.18 Å². The quantitative estimate of drug-likeness (QED) is 0.742. The number of nitrogens with two attached hydrogens (primary N) is 1. The summed E-state index contributed by atoms with van der Waals surface area (Å²) < 4.78 is 13.3. The molecule has 0 heterocycles. The number of carbonyl (C=O) groups excluding carboxylic acids is 1. The van der Waals surface area contributed by atoms with E-state index >= 15 is 0 Å². The van der Waals surface area contributed by atoms with Crippen molar-refractivity contribution < 1.29 is 9.18 Å². The van der Waals surface area contributed by atoms with Gasteiger partial charge < -0.3 is 16.4 Å². The Hall–Kier alpha value is -2.56. The molecule has 0 aliphatic carbocycles. The van der Waals surface area contributed by atoms with E-state index in [1.807, 2.05) is 18.2 Å². The van der Waals surface area contributed by atoms with E-state index in [1.165, 1.54) is 12.1 Å². The van der Waals surface area contributed by atoms with Crippen molar-refractivity contribution in [3.05, 3.63) is 59.9 Å². The molecular formula is C14H14FN3O. The summed E-state index contributed by atoms with van der Waals surface area (Å²) in [6.45, 7) is 0.285. The second-order valence-electron chi connectivity index (χ2n) is 3.99. The summed E-state index contributed by atoms with van der Waals surface area (Å²) >= 11 is 0. The zero-order valence-corrected chi connectivity index (χ0v) is 10.2. The van der Waals surface area contributed by atoms with E-state index in [0.29, 0.717) is 5.69 Å². The summed E-state index contributed by atoms with van der Waals surface area (Å²) in [6.07, 6.45) is 0. The van der Waals surface area contributed by atoms with Crippen LogP contribution >= 0.6 is 0 Å². The molecule has 0 aromatic heterocycles. The minimum Gasteiger partial charge on any atom is -0.398 e. The lowest BCUT2D eigenvalue weighted by Crippen LogP contribution is -2.28. The first-order valence-corrected chi connectivity index (χ1v) is 5.79. The van der Waals surface area contributed by atoms with Crippen LogP contribution in [0.15, 0.2) is 48.5 Å². The standard InChI is InChI=1S/C14H14FN3O/c15-11-6-2-4-8-13(11)18-14(19)17-9-10-5-1-3-7-12(10)16/h1-8H,9,16H2,(H2,17,18,19). The van der Waals surface area contributed by atoms with Crippen LogP contribution in [0.2, 0.25) is 0 Å². The predicted octanol–water partition coefficient (Wildman–Crippen LogP) is 2.73. The van der Waals surface area contributed by atoms with Crippen LogP contribution in [0, 0.1) is 5.82 Å². The average Bonchev–Trinajstić information content (AvgIpc) is 2.40. The molecule has 0 atom stereocenters. The monoisotopic (exact) mass is 259 g/mol. The first-order chi connectivity index (χ1) is 9.16. The van der Waals surface area contributed by atoms with Crippen molar-refractivity contribution in [3.8, 4) is 0 Å². The van der Waals surface area contributed by atoms with Crippen LogP contribution in [-0.2, 0) is 6.54 Å². The van der Waals surface area contributed by atoms with Crippen molar-refractivity contribution in [2.75, 3.05) is 11.1 Å². The van der Waals surface area contributed by atoms with Crippen LogP contribution in [0.1, 0.15) is 5.56 Å². The minimum absolute atomic E-state index is 0.140. The van der Waals surface area contributed by atoms with E-state index in [2.05, 4.69) is 10.6 Å². The van der Waals surface area contributed by atoms with Crippen LogP contribution < -0.4 is 16.4 Å². The van der Waals surface area contributed by atoms with Crippen LogP contribution in [0.3, 0.4) is 0 Å². The van der Waals surface area contributed by atoms with E-state index in [4.69, 9.17) is 5.73 Å². The van der Waals surface area contributed by atoms with Gasteiger partial charge in [0.25, 0.3) is 0 Å². The van der Waals surface area contributed by atoms with Gasteiger partial charge in [-0.05, 0) is 23.8 Å². The van der Waals surface area contributed by atoms with E-state index < -0.39 is 11.8 Å². The Kier molecular flexibility index (Phi) is 3.97. The molecule has 0 aliphatic heterocycles. The number of para-hydroxylation sites is 2. The van der Waals surface area contributed by atoms with Crippen molar-refractivity contribution in [2.24, 2.45) is 0 Å². The Balaban J connectivity index is 1.92. The second kappa shape index (κ2) is 5.86. The number of amides is 2. The molecule has 5 heteroatoms. The van der Waals surface area contributed by atoms with Gasteiger partial charge in [-0.1, -0.05) is 30.3 Å². The summed E-state index contributed by atoms with van der Waals surface area (Å²) in [7, 11) is 0. The van der Waals surface area contributed by atoms with Crippen molar-refractivity contribution in [2.45, 2.75) is 6.54 Å². The van der Waals surface area contributed by atoms with Gasteiger partial charge in [-0.3, -0.25) is 0 Å².